The van der Waals surface area contributed by atoms with Gasteiger partial charge in [-0.25, -0.2) is 0 Å². The van der Waals surface area contributed by atoms with E-state index in [0.717, 1.165) is 5.76 Å². The van der Waals surface area contributed by atoms with Crippen molar-refractivity contribution >= 4 is 5.78 Å². The number of rotatable bonds is 1. The number of carbonyl (C=O) groups is 1. The van der Waals surface area contributed by atoms with Crippen LogP contribution in [0.5, 0.6) is 0 Å². The summed E-state index contributed by atoms with van der Waals surface area (Å²) in [6.45, 7) is 0. The molecule has 0 N–H and O–H groups in total. The van der Waals surface area contributed by atoms with Crippen molar-refractivity contribution in [3.05, 3.63) is 36.1 Å². The van der Waals surface area contributed by atoms with Crippen LogP contribution in [0.15, 0.2) is 36.1 Å². The summed E-state index contributed by atoms with van der Waals surface area (Å²) in [5, 5.41) is 0. The van der Waals surface area contributed by atoms with Gasteiger partial charge in [0, 0.05) is 12.3 Å². The zero-order valence-corrected chi connectivity index (χ0v) is 7.57. The monoisotopic (exact) mass is 176 g/mol. The Morgan fingerprint density at radius 2 is 2.15 bits per heavy atom. The van der Waals surface area contributed by atoms with Gasteiger partial charge >= 0.3 is 0 Å². The van der Waals surface area contributed by atoms with Gasteiger partial charge in [-0.2, -0.15) is 0 Å². The standard InChI is InChI=1S/C11H12O2/c1-13-11-5-3-8-2-4-10(12)6-9(8)7-11/h2-5,7-9H,6H2,1H3. The fourth-order valence-electron chi connectivity index (χ4n) is 1.78. The molecule has 0 heterocycles. The molecule has 68 valence electrons. The summed E-state index contributed by atoms with van der Waals surface area (Å²) in [6, 6.07) is 0. The van der Waals surface area contributed by atoms with Crippen molar-refractivity contribution in [3.8, 4) is 0 Å². The third kappa shape index (κ3) is 1.57. The molecule has 0 aromatic heterocycles. The Balaban J connectivity index is 2.22. The van der Waals surface area contributed by atoms with Gasteiger partial charge in [0.2, 0.25) is 0 Å². The van der Waals surface area contributed by atoms with Crippen molar-refractivity contribution in [2.24, 2.45) is 11.8 Å². The van der Waals surface area contributed by atoms with E-state index < -0.39 is 0 Å². The van der Waals surface area contributed by atoms with Gasteiger partial charge in [-0.1, -0.05) is 12.2 Å². The molecule has 0 aliphatic heterocycles. The highest BCUT2D eigenvalue weighted by atomic mass is 16.5. The molecular formula is C11H12O2. The Morgan fingerprint density at radius 3 is 2.92 bits per heavy atom. The van der Waals surface area contributed by atoms with Crippen molar-refractivity contribution in [2.45, 2.75) is 6.42 Å². The molecule has 0 bridgehead atoms. The zero-order valence-electron chi connectivity index (χ0n) is 7.57. The van der Waals surface area contributed by atoms with Crippen LogP contribution < -0.4 is 0 Å². The summed E-state index contributed by atoms with van der Waals surface area (Å²) in [4.78, 5) is 11.1. The predicted octanol–water partition coefficient (Wildman–Crippen LogP) is 1.85. The van der Waals surface area contributed by atoms with E-state index in [1.54, 1.807) is 13.2 Å². The van der Waals surface area contributed by atoms with Crippen LogP contribution in [-0.4, -0.2) is 12.9 Å². The summed E-state index contributed by atoms with van der Waals surface area (Å²) in [6.07, 6.45) is 10.3. The van der Waals surface area contributed by atoms with Crippen LogP contribution in [0, 0.1) is 11.8 Å². The first-order chi connectivity index (χ1) is 6.29. The smallest absolute Gasteiger partial charge is 0.156 e. The van der Waals surface area contributed by atoms with E-state index in [1.165, 1.54) is 0 Å². The van der Waals surface area contributed by atoms with Gasteiger partial charge < -0.3 is 4.74 Å². The van der Waals surface area contributed by atoms with E-state index in [-0.39, 0.29) is 5.78 Å². The van der Waals surface area contributed by atoms with Gasteiger partial charge in [0.05, 0.1) is 7.11 Å². The molecule has 0 amide bonds. The summed E-state index contributed by atoms with van der Waals surface area (Å²) in [5.41, 5.74) is 0. The molecule has 2 nitrogen and oxygen atoms in total. The minimum atomic E-state index is 0.211. The Bertz CT molecular complexity index is 310. The van der Waals surface area contributed by atoms with E-state index in [9.17, 15) is 4.79 Å². The average molecular weight is 176 g/mol. The second-order valence-corrected chi connectivity index (χ2v) is 3.40. The van der Waals surface area contributed by atoms with Crippen molar-refractivity contribution in [3.63, 3.8) is 0 Å². The van der Waals surface area contributed by atoms with Crippen molar-refractivity contribution in [1.82, 2.24) is 0 Å². The fourth-order valence-corrected chi connectivity index (χ4v) is 1.78. The number of hydrogen-bond donors (Lipinski definition) is 0. The molecule has 13 heavy (non-hydrogen) atoms. The van der Waals surface area contributed by atoms with Crippen molar-refractivity contribution in [2.75, 3.05) is 7.11 Å². The molecule has 0 radical (unpaired) electrons. The van der Waals surface area contributed by atoms with E-state index in [4.69, 9.17) is 4.74 Å². The molecule has 2 atom stereocenters. The first-order valence-electron chi connectivity index (χ1n) is 4.44. The summed E-state index contributed by atoms with van der Waals surface area (Å²) < 4.78 is 5.11. The number of allylic oxidation sites excluding steroid dienone is 5. The highest BCUT2D eigenvalue weighted by Crippen LogP contribution is 2.30. The maximum Gasteiger partial charge on any atom is 0.156 e. The number of fused-ring (bicyclic) bond motifs is 1. The number of carbonyl (C=O) groups excluding carboxylic acids is 1. The Hall–Kier alpha value is -1.31. The molecule has 0 saturated carbocycles. The molecule has 0 fully saturated rings. The first-order valence-corrected chi connectivity index (χ1v) is 4.44. The van der Waals surface area contributed by atoms with Gasteiger partial charge in [0.15, 0.2) is 5.78 Å². The molecule has 2 unspecified atom stereocenters. The minimum absolute atomic E-state index is 0.211. The van der Waals surface area contributed by atoms with Gasteiger partial charge in [0.25, 0.3) is 0 Å². The molecule has 0 spiro atoms. The molecular weight excluding hydrogens is 164 g/mol. The number of ketones is 1. The number of methoxy groups -OCH3 is 1. The Morgan fingerprint density at radius 1 is 1.38 bits per heavy atom. The number of ether oxygens (including phenoxy) is 1. The maximum atomic E-state index is 11.1. The van der Waals surface area contributed by atoms with Gasteiger partial charge in [-0.15, -0.1) is 0 Å². The normalized spacial score (nSPS) is 31.2. The Labute approximate surface area is 77.6 Å². The van der Waals surface area contributed by atoms with E-state index in [0.29, 0.717) is 18.3 Å². The lowest BCUT2D eigenvalue weighted by Gasteiger charge is -2.25. The van der Waals surface area contributed by atoms with Crippen LogP contribution in [0.25, 0.3) is 0 Å². The average Bonchev–Trinajstić information content (AvgIpc) is 2.16. The fraction of sp³-hybridized carbons (Fsp3) is 0.364. The van der Waals surface area contributed by atoms with E-state index in [1.807, 2.05) is 18.2 Å². The molecule has 0 aromatic carbocycles. The zero-order chi connectivity index (χ0) is 9.26. The first kappa shape index (κ1) is 8.30. The maximum absolute atomic E-state index is 11.1. The summed E-state index contributed by atoms with van der Waals surface area (Å²) >= 11 is 0. The summed E-state index contributed by atoms with van der Waals surface area (Å²) in [5.74, 6) is 1.77. The van der Waals surface area contributed by atoms with Crippen LogP contribution in [0.2, 0.25) is 0 Å². The third-order valence-corrected chi connectivity index (χ3v) is 2.53. The highest BCUT2D eigenvalue weighted by Gasteiger charge is 2.24. The summed E-state index contributed by atoms with van der Waals surface area (Å²) in [7, 11) is 1.65. The SMILES string of the molecule is COC1=CC2CC(=O)C=CC2C=C1. The second kappa shape index (κ2) is 3.21. The van der Waals surface area contributed by atoms with Crippen LogP contribution in [-0.2, 0) is 9.53 Å². The van der Waals surface area contributed by atoms with Gasteiger partial charge in [0.1, 0.15) is 5.76 Å². The lowest BCUT2D eigenvalue weighted by molar-refractivity contribution is -0.115. The van der Waals surface area contributed by atoms with Gasteiger partial charge in [-0.3, -0.25) is 4.79 Å². The molecule has 2 aliphatic carbocycles. The second-order valence-electron chi connectivity index (χ2n) is 3.40. The predicted molar refractivity (Wildman–Crippen MR) is 50.0 cm³/mol. The molecule has 2 aliphatic rings. The third-order valence-electron chi connectivity index (χ3n) is 2.53. The van der Waals surface area contributed by atoms with Crippen LogP contribution in [0.3, 0.4) is 0 Å². The molecule has 0 aromatic rings. The lowest BCUT2D eigenvalue weighted by Crippen LogP contribution is -2.20. The van der Waals surface area contributed by atoms with Crippen LogP contribution in [0.4, 0.5) is 0 Å². The van der Waals surface area contributed by atoms with E-state index in [2.05, 4.69) is 6.08 Å². The highest BCUT2D eigenvalue weighted by molar-refractivity contribution is 5.91. The minimum Gasteiger partial charge on any atom is -0.497 e. The Kier molecular flexibility index (Phi) is 2.05. The van der Waals surface area contributed by atoms with Crippen LogP contribution >= 0.6 is 0 Å². The van der Waals surface area contributed by atoms with Crippen LogP contribution in [0.1, 0.15) is 6.42 Å². The largest absolute Gasteiger partial charge is 0.497 e. The molecule has 2 rings (SSSR count). The topological polar surface area (TPSA) is 26.3 Å². The van der Waals surface area contributed by atoms with Crippen molar-refractivity contribution in [1.29, 1.82) is 0 Å². The van der Waals surface area contributed by atoms with Gasteiger partial charge in [-0.05, 0) is 24.1 Å². The molecule has 2 heteroatoms. The molecule has 0 saturated heterocycles. The van der Waals surface area contributed by atoms with E-state index >= 15 is 0 Å². The lowest BCUT2D eigenvalue weighted by atomic mass is 9.80. The van der Waals surface area contributed by atoms with Crippen molar-refractivity contribution < 1.29 is 9.53 Å². The quantitative estimate of drug-likeness (QED) is 0.609. The number of hydrogen-bond acceptors (Lipinski definition) is 2.